The van der Waals surface area contributed by atoms with Crippen LogP contribution in [0.5, 0.6) is 0 Å². The summed E-state index contributed by atoms with van der Waals surface area (Å²) < 4.78 is 6.24. The average Bonchev–Trinajstić information content (AvgIpc) is 2.95. The molecule has 0 saturated heterocycles. The fourth-order valence-corrected chi connectivity index (χ4v) is 2.11. The number of ether oxygens (including phenoxy) is 1. The molecule has 0 N–H and O–H groups in total. The second-order valence-electron chi connectivity index (χ2n) is 5.26. The number of hydrogen-bond acceptors (Lipinski definition) is 5. The molecule has 0 saturated carbocycles. The molecule has 1 aromatic carbocycles. The third-order valence-electron chi connectivity index (χ3n) is 3.43. The van der Waals surface area contributed by atoms with Gasteiger partial charge >= 0.3 is 5.97 Å². The molecule has 8 heteroatoms. The fourth-order valence-electron chi connectivity index (χ4n) is 2.11. The summed E-state index contributed by atoms with van der Waals surface area (Å²) in [5.74, 6) is -1.15. The molecule has 0 radical (unpaired) electrons. The highest BCUT2D eigenvalue weighted by Gasteiger charge is 2.20. The van der Waals surface area contributed by atoms with E-state index in [9.17, 15) is 19.7 Å². The van der Waals surface area contributed by atoms with E-state index in [1.165, 1.54) is 22.7 Å². The summed E-state index contributed by atoms with van der Waals surface area (Å²) in [6.45, 7) is -0.0337. The highest BCUT2D eigenvalue weighted by atomic mass is 16.6. The molecule has 1 aromatic heterocycles. The van der Waals surface area contributed by atoms with Crippen LogP contribution in [-0.2, 0) is 23.1 Å². The maximum absolute atomic E-state index is 12.0. The Hall–Kier alpha value is -3.16. The normalized spacial score (nSPS) is 10.2. The molecule has 24 heavy (non-hydrogen) atoms. The summed E-state index contributed by atoms with van der Waals surface area (Å²) in [5.41, 5.74) is 0.759. The molecule has 0 aliphatic heterocycles. The van der Waals surface area contributed by atoms with E-state index in [0.717, 1.165) is 11.6 Å². The Labute approximate surface area is 138 Å². The Morgan fingerprint density at radius 3 is 2.54 bits per heavy atom. The van der Waals surface area contributed by atoms with Gasteiger partial charge < -0.3 is 14.2 Å². The van der Waals surface area contributed by atoms with Gasteiger partial charge in [0.05, 0.1) is 11.1 Å². The molecule has 0 fully saturated rings. The first-order valence-electron chi connectivity index (χ1n) is 7.14. The van der Waals surface area contributed by atoms with Crippen LogP contribution in [0.2, 0.25) is 0 Å². The number of esters is 1. The van der Waals surface area contributed by atoms with Crippen LogP contribution in [0.4, 0.5) is 5.69 Å². The van der Waals surface area contributed by atoms with Gasteiger partial charge in [0.2, 0.25) is 0 Å². The van der Waals surface area contributed by atoms with Crippen LogP contribution in [-0.4, -0.2) is 39.9 Å². The molecule has 1 amide bonds. The summed E-state index contributed by atoms with van der Waals surface area (Å²) in [7, 11) is 3.10. The van der Waals surface area contributed by atoms with Crippen molar-refractivity contribution in [2.45, 2.75) is 6.54 Å². The van der Waals surface area contributed by atoms with Crippen molar-refractivity contribution in [2.24, 2.45) is 7.05 Å². The van der Waals surface area contributed by atoms with Gasteiger partial charge in [-0.2, -0.15) is 0 Å². The number of likely N-dealkylation sites (N-methyl/N-ethyl adjacent to an activating group) is 1. The third-order valence-corrected chi connectivity index (χ3v) is 3.43. The van der Waals surface area contributed by atoms with E-state index in [-0.39, 0.29) is 17.3 Å². The largest absolute Gasteiger partial charge is 0.451 e. The van der Waals surface area contributed by atoms with Gasteiger partial charge in [-0.15, -0.1) is 0 Å². The van der Waals surface area contributed by atoms with Crippen molar-refractivity contribution in [3.8, 4) is 0 Å². The van der Waals surface area contributed by atoms with Crippen molar-refractivity contribution < 1.29 is 19.2 Å². The standard InChI is InChI=1S/C16H17N3O5/c1-17-10-13(19(22)23)8-14(17)16(21)24-11-15(20)18(2)9-12-6-4-3-5-7-12/h3-8,10H,9,11H2,1-2H3. The first-order chi connectivity index (χ1) is 11.4. The Balaban J connectivity index is 1.91. The van der Waals surface area contributed by atoms with E-state index in [2.05, 4.69) is 0 Å². The minimum atomic E-state index is -0.785. The van der Waals surface area contributed by atoms with Crippen molar-refractivity contribution in [3.05, 3.63) is 64.0 Å². The highest BCUT2D eigenvalue weighted by Crippen LogP contribution is 2.16. The summed E-state index contributed by atoms with van der Waals surface area (Å²) in [4.78, 5) is 35.5. The van der Waals surface area contributed by atoms with Crippen LogP contribution >= 0.6 is 0 Å². The number of aromatic nitrogens is 1. The first kappa shape index (κ1) is 17.2. The fraction of sp³-hybridized carbons (Fsp3) is 0.250. The third kappa shape index (κ3) is 4.19. The van der Waals surface area contributed by atoms with Gasteiger partial charge in [0.1, 0.15) is 5.69 Å². The van der Waals surface area contributed by atoms with E-state index >= 15 is 0 Å². The molecule has 2 rings (SSSR count). The number of hydrogen-bond donors (Lipinski definition) is 0. The molecule has 0 bridgehead atoms. The van der Waals surface area contributed by atoms with E-state index in [1.54, 1.807) is 7.05 Å². The molecule has 0 spiro atoms. The molecule has 126 valence electrons. The quantitative estimate of drug-likeness (QED) is 0.456. The van der Waals surface area contributed by atoms with Crippen molar-refractivity contribution >= 4 is 17.6 Å². The number of aryl methyl sites for hydroxylation is 1. The van der Waals surface area contributed by atoms with Crippen molar-refractivity contribution in [2.75, 3.05) is 13.7 Å². The van der Waals surface area contributed by atoms with E-state index in [0.29, 0.717) is 6.54 Å². The van der Waals surface area contributed by atoms with Crippen LogP contribution in [0.25, 0.3) is 0 Å². The minimum absolute atomic E-state index is 0.0141. The molecular weight excluding hydrogens is 314 g/mol. The summed E-state index contributed by atoms with van der Waals surface area (Å²) in [6.07, 6.45) is 1.21. The van der Waals surface area contributed by atoms with E-state index in [1.807, 2.05) is 30.3 Å². The molecule has 0 atom stereocenters. The van der Waals surface area contributed by atoms with Gasteiger partial charge in [0.15, 0.2) is 6.61 Å². The minimum Gasteiger partial charge on any atom is -0.451 e. The molecule has 1 heterocycles. The lowest BCUT2D eigenvalue weighted by atomic mass is 10.2. The summed E-state index contributed by atoms with van der Waals surface area (Å²) in [6, 6.07) is 10.5. The van der Waals surface area contributed by atoms with Crippen molar-refractivity contribution in [1.82, 2.24) is 9.47 Å². The molecule has 0 aliphatic carbocycles. The van der Waals surface area contributed by atoms with Crippen LogP contribution in [0.1, 0.15) is 16.1 Å². The van der Waals surface area contributed by atoms with Crippen LogP contribution in [0.15, 0.2) is 42.6 Å². The lowest BCUT2D eigenvalue weighted by Gasteiger charge is -2.17. The average molecular weight is 331 g/mol. The Bertz CT molecular complexity index is 754. The number of carbonyl (C=O) groups excluding carboxylic acids is 2. The Kier molecular flexibility index (Phi) is 5.31. The van der Waals surface area contributed by atoms with Gasteiger partial charge in [0, 0.05) is 26.7 Å². The zero-order valence-electron chi connectivity index (χ0n) is 13.3. The van der Waals surface area contributed by atoms with Gasteiger partial charge in [0.25, 0.3) is 11.6 Å². The number of carbonyl (C=O) groups is 2. The predicted octanol–water partition coefficient (Wildman–Crippen LogP) is 1.75. The Morgan fingerprint density at radius 2 is 1.96 bits per heavy atom. The van der Waals surface area contributed by atoms with E-state index in [4.69, 9.17) is 4.74 Å². The SMILES string of the molecule is CN(Cc1ccccc1)C(=O)COC(=O)c1cc([N+](=O)[O-])cn1C. The second-order valence-corrected chi connectivity index (χ2v) is 5.26. The van der Waals surface area contributed by atoms with Gasteiger partial charge in [-0.25, -0.2) is 4.79 Å². The highest BCUT2D eigenvalue weighted by molar-refractivity contribution is 5.90. The van der Waals surface area contributed by atoms with Gasteiger partial charge in [-0.1, -0.05) is 30.3 Å². The van der Waals surface area contributed by atoms with Crippen LogP contribution in [0.3, 0.4) is 0 Å². The smallest absolute Gasteiger partial charge is 0.355 e. The zero-order chi connectivity index (χ0) is 17.7. The van der Waals surface area contributed by atoms with Crippen LogP contribution < -0.4 is 0 Å². The first-order valence-corrected chi connectivity index (χ1v) is 7.14. The monoisotopic (exact) mass is 331 g/mol. The number of benzene rings is 1. The number of nitro groups is 1. The predicted molar refractivity (Wildman–Crippen MR) is 85.3 cm³/mol. The van der Waals surface area contributed by atoms with E-state index < -0.39 is 17.5 Å². The molecule has 8 nitrogen and oxygen atoms in total. The molecular formula is C16H17N3O5. The number of amides is 1. The maximum atomic E-state index is 12.0. The lowest BCUT2D eigenvalue weighted by Crippen LogP contribution is -2.31. The molecule has 2 aromatic rings. The molecule has 0 unspecified atom stereocenters. The summed E-state index contributed by atoms with van der Waals surface area (Å²) >= 11 is 0. The zero-order valence-corrected chi connectivity index (χ0v) is 13.3. The van der Waals surface area contributed by atoms with Gasteiger partial charge in [-0.05, 0) is 5.56 Å². The van der Waals surface area contributed by atoms with Crippen molar-refractivity contribution in [3.63, 3.8) is 0 Å². The second kappa shape index (κ2) is 7.40. The maximum Gasteiger partial charge on any atom is 0.355 e. The van der Waals surface area contributed by atoms with Crippen molar-refractivity contribution in [1.29, 1.82) is 0 Å². The lowest BCUT2D eigenvalue weighted by molar-refractivity contribution is -0.384. The topological polar surface area (TPSA) is 94.7 Å². The Morgan fingerprint density at radius 1 is 1.29 bits per heavy atom. The summed E-state index contributed by atoms with van der Waals surface area (Å²) in [5, 5.41) is 10.7. The molecule has 0 aliphatic rings. The van der Waals surface area contributed by atoms with Gasteiger partial charge in [-0.3, -0.25) is 14.9 Å². The number of nitrogens with zero attached hydrogens (tertiary/aromatic N) is 3. The number of rotatable bonds is 6. The van der Waals surface area contributed by atoms with Crippen LogP contribution in [0, 0.1) is 10.1 Å².